The quantitative estimate of drug-likeness (QED) is 0.356. The molecule has 8 heteroatoms. The Morgan fingerprint density at radius 3 is 0.864 bits per heavy atom. The smallest absolute Gasteiger partial charge is 0.174 e. The SMILES string of the molecule is O=C(CBr)c1cc(C(=O)CBr)c(C(=O)CBr)cc1C(=O)CBr. The van der Waals surface area contributed by atoms with E-state index in [4.69, 9.17) is 0 Å². The van der Waals surface area contributed by atoms with E-state index in [-0.39, 0.29) is 66.7 Å². The van der Waals surface area contributed by atoms with Crippen LogP contribution >= 0.6 is 63.7 Å². The van der Waals surface area contributed by atoms with Gasteiger partial charge in [0.2, 0.25) is 0 Å². The van der Waals surface area contributed by atoms with Crippen LogP contribution in [0.5, 0.6) is 0 Å². The summed E-state index contributed by atoms with van der Waals surface area (Å²) in [6, 6.07) is 2.66. The molecule has 1 aromatic carbocycles. The zero-order valence-electron chi connectivity index (χ0n) is 11.1. The lowest BCUT2D eigenvalue weighted by Crippen LogP contribution is -2.18. The summed E-state index contributed by atoms with van der Waals surface area (Å²) in [6.07, 6.45) is 0. The molecule has 0 saturated carbocycles. The average molecular weight is 562 g/mol. The second-order valence-electron chi connectivity index (χ2n) is 4.17. The van der Waals surface area contributed by atoms with E-state index in [1.807, 2.05) is 0 Å². The van der Waals surface area contributed by atoms with Crippen molar-refractivity contribution in [2.75, 3.05) is 21.3 Å². The summed E-state index contributed by atoms with van der Waals surface area (Å²) in [5.41, 5.74) is 0.544. The highest BCUT2D eigenvalue weighted by Gasteiger charge is 2.24. The Morgan fingerprint density at radius 2 is 0.727 bits per heavy atom. The Hall–Kier alpha value is -0.180. The maximum Gasteiger partial charge on any atom is 0.174 e. The molecule has 0 N–H and O–H groups in total. The first-order chi connectivity index (χ1) is 10.4. The number of ketones is 4. The number of Topliss-reactive ketones (excluding diaryl/α,β-unsaturated/α-hetero) is 4. The Labute approximate surface area is 160 Å². The molecule has 0 saturated heterocycles. The monoisotopic (exact) mass is 558 g/mol. The van der Waals surface area contributed by atoms with E-state index in [2.05, 4.69) is 63.7 Å². The molecule has 0 aliphatic rings. The van der Waals surface area contributed by atoms with Crippen LogP contribution in [0.1, 0.15) is 41.4 Å². The van der Waals surface area contributed by atoms with Crippen molar-refractivity contribution < 1.29 is 19.2 Å². The maximum absolute atomic E-state index is 12.0. The number of hydrogen-bond donors (Lipinski definition) is 0. The topological polar surface area (TPSA) is 68.3 Å². The summed E-state index contributed by atoms with van der Waals surface area (Å²) in [5.74, 6) is -1.31. The third-order valence-electron chi connectivity index (χ3n) is 2.84. The summed E-state index contributed by atoms with van der Waals surface area (Å²) in [7, 11) is 0. The standard InChI is InChI=1S/C14H10Br4O4/c15-3-11(19)7-1-8(12(20)4-16)10(14(22)6-18)2-9(7)13(21)5-17/h1-2H,3-6H2. The van der Waals surface area contributed by atoms with Crippen LogP contribution in [0.15, 0.2) is 12.1 Å². The third-order valence-corrected chi connectivity index (χ3v) is 4.88. The van der Waals surface area contributed by atoms with Crippen LogP contribution in [0.25, 0.3) is 0 Å². The van der Waals surface area contributed by atoms with E-state index in [0.717, 1.165) is 0 Å². The van der Waals surface area contributed by atoms with Gasteiger partial charge in [-0.1, -0.05) is 63.7 Å². The van der Waals surface area contributed by atoms with Crippen molar-refractivity contribution in [3.8, 4) is 0 Å². The van der Waals surface area contributed by atoms with Gasteiger partial charge in [-0.05, 0) is 12.1 Å². The molecule has 0 atom stereocenters. The first-order valence-electron chi connectivity index (χ1n) is 5.95. The number of alkyl halides is 4. The highest BCUT2D eigenvalue weighted by atomic mass is 79.9. The summed E-state index contributed by atoms with van der Waals surface area (Å²) in [5, 5.41) is 0.0684. The van der Waals surface area contributed by atoms with E-state index >= 15 is 0 Å². The molecule has 0 heterocycles. The number of carbonyl (C=O) groups is 4. The van der Waals surface area contributed by atoms with Gasteiger partial charge >= 0.3 is 0 Å². The van der Waals surface area contributed by atoms with E-state index < -0.39 is 0 Å². The predicted molar refractivity (Wildman–Crippen MR) is 98.9 cm³/mol. The zero-order chi connectivity index (χ0) is 16.9. The van der Waals surface area contributed by atoms with Gasteiger partial charge in [0.05, 0.1) is 21.3 Å². The van der Waals surface area contributed by atoms with E-state index in [1.54, 1.807) is 0 Å². The highest BCUT2D eigenvalue weighted by molar-refractivity contribution is 9.10. The minimum atomic E-state index is -0.328. The molecule has 0 fully saturated rings. The van der Waals surface area contributed by atoms with Crippen molar-refractivity contribution >= 4 is 86.9 Å². The van der Waals surface area contributed by atoms with Crippen LogP contribution in [-0.2, 0) is 0 Å². The normalized spacial score (nSPS) is 10.4. The number of hydrogen-bond acceptors (Lipinski definition) is 4. The van der Waals surface area contributed by atoms with Crippen LogP contribution in [0, 0.1) is 0 Å². The van der Waals surface area contributed by atoms with Crippen LogP contribution in [0.4, 0.5) is 0 Å². The van der Waals surface area contributed by atoms with Gasteiger partial charge in [0.25, 0.3) is 0 Å². The van der Waals surface area contributed by atoms with Gasteiger partial charge in [0.15, 0.2) is 23.1 Å². The minimum absolute atomic E-state index is 0.0171. The molecule has 0 spiro atoms. The molecule has 0 bridgehead atoms. The molecule has 1 rings (SSSR count). The Morgan fingerprint density at radius 1 is 0.545 bits per heavy atom. The number of carbonyl (C=O) groups excluding carboxylic acids is 4. The van der Waals surface area contributed by atoms with Gasteiger partial charge in [0, 0.05) is 22.3 Å². The van der Waals surface area contributed by atoms with Crippen molar-refractivity contribution in [2.45, 2.75) is 0 Å². The lowest BCUT2D eigenvalue weighted by atomic mass is 9.91. The highest BCUT2D eigenvalue weighted by Crippen LogP contribution is 2.22. The molecule has 0 unspecified atom stereocenters. The summed E-state index contributed by atoms with van der Waals surface area (Å²) >= 11 is 12.2. The third kappa shape index (κ3) is 4.43. The fourth-order valence-electron chi connectivity index (χ4n) is 1.81. The maximum atomic E-state index is 12.0. The molecular formula is C14H10Br4O4. The fraction of sp³-hybridized carbons (Fsp3) is 0.286. The molecule has 22 heavy (non-hydrogen) atoms. The van der Waals surface area contributed by atoms with Crippen molar-refractivity contribution in [1.82, 2.24) is 0 Å². The minimum Gasteiger partial charge on any atom is -0.293 e. The van der Waals surface area contributed by atoms with Crippen LogP contribution in [0.2, 0.25) is 0 Å². The van der Waals surface area contributed by atoms with E-state index in [1.165, 1.54) is 12.1 Å². The van der Waals surface area contributed by atoms with Crippen LogP contribution in [0.3, 0.4) is 0 Å². The Kier molecular flexibility index (Phi) is 8.31. The Balaban J connectivity index is 3.70. The summed E-state index contributed by atoms with van der Waals surface area (Å²) in [4.78, 5) is 48.1. The predicted octanol–water partition coefficient (Wildman–Crippen LogP) is 4.00. The van der Waals surface area contributed by atoms with Gasteiger partial charge in [-0.3, -0.25) is 19.2 Å². The number of halogens is 4. The second-order valence-corrected chi connectivity index (χ2v) is 6.41. The summed E-state index contributed by atoms with van der Waals surface area (Å²) < 4.78 is 0. The fourth-order valence-corrected chi connectivity index (χ4v) is 3.02. The molecular weight excluding hydrogens is 552 g/mol. The van der Waals surface area contributed by atoms with Crippen LogP contribution in [-0.4, -0.2) is 44.5 Å². The number of rotatable bonds is 8. The van der Waals surface area contributed by atoms with Gasteiger partial charge in [-0.15, -0.1) is 0 Å². The molecule has 0 amide bonds. The molecule has 0 aliphatic heterocycles. The van der Waals surface area contributed by atoms with Gasteiger partial charge in [0.1, 0.15) is 0 Å². The molecule has 118 valence electrons. The lowest BCUT2D eigenvalue weighted by molar-refractivity contribution is 0.0977. The average Bonchev–Trinajstić information content (AvgIpc) is 2.57. The van der Waals surface area contributed by atoms with Crippen molar-refractivity contribution in [3.63, 3.8) is 0 Å². The first-order valence-corrected chi connectivity index (χ1v) is 10.4. The second kappa shape index (κ2) is 9.20. The molecule has 0 aliphatic carbocycles. The number of benzene rings is 1. The molecule has 1 aromatic rings. The molecule has 0 aromatic heterocycles. The van der Waals surface area contributed by atoms with Crippen LogP contribution < -0.4 is 0 Å². The van der Waals surface area contributed by atoms with Gasteiger partial charge < -0.3 is 0 Å². The van der Waals surface area contributed by atoms with Crippen molar-refractivity contribution in [1.29, 1.82) is 0 Å². The van der Waals surface area contributed by atoms with Gasteiger partial charge in [-0.2, -0.15) is 0 Å². The Bertz CT molecular complexity index is 534. The zero-order valence-corrected chi connectivity index (χ0v) is 17.5. The van der Waals surface area contributed by atoms with Crippen molar-refractivity contribution in [2.24, 2.45) is 0 Å². The van der Waals surface area contributed by atoms with Crippen molar-refractivity contribution in [3.05, 3.63) is 34.4 Å². The van der Waals surface area contributed by atoms with E-state index in [9.17, 15) is 19.2 Å². The largest absolute Gasteiger partial charge is 0.293 e. The van der Waals surface area contributed by atoms with Gasteiger partial charge in [-0.25, -0.2) is 0 Å². The molecule has 0 radical (unpaired) electrons. The molecule has 4 nitrogen and oxygen atoms in total. The lowest BCUT2D eigenvalue weighted by Gasteiger charge is -2.12. The summed E-state index contributed by atoms with van der Waals surface area (Å²) in [6.45, 7) is 0. The first kappa shape index (κ1) is 19.9. The van der Waals surface area contributed by atoms with E-state index in [0.29, 0.717) is 0 Å².